The molecule has 0 aromatic carbocycles. The fourth-order valence-electron chi connectivity index (χ4n) is 2.80. The van der Waals surface area contributed by atoms with Crippen LogP contribution in [0.2, 0.25) is 0 Å². The fourth-order valence-corrected chi connectivity index (χ4v) is 3.46. The van der Waals surface area contributed by atoms with Crippen LogP contribution < -0.4 is 5.32 Å². The van der Waals surface area contributed by atoms with Gasteiger partial charge in [0.05, 0.1) is 37.4 Å². The molecule has 6 nitrogen and oxygen atoms in total. The Morgan fingerprint density at radius 1 is 1.38 bits per heavy atom. The zero-order valence-corrected chi connectivity index (χ0v) is 14.8. The van der Waals surface area contributed by atoms with Crippen molar-refractivity contribution in [2.45, 2.75) is 39.9 Å². The smallest absolute Gasteiger partial charge is 0.225 e. The summed E-state index contributed by atoms with van der Waals surface area (Å²) in [5, 5.41) is 11.4. The van der Waals surface area contributed by atoms with Gasteiger partial charge in [-0.25, -0.2) is 0 Å². The maximum atomic E-state index is 12.1. The average Bonchev–Trinajstić information content (AvgIpc) is 3.20. The molecule has 24 heavy (non-hydrogen) atoms. The van der Waals surface area contributed by atoms with Gasteiger partial charge in [0.15, 0.2) is 0 Å². The van der Waals surface area contributed by atoms with E-state index in [9.17, 15) is 9.59 Å². The van der Waals surface area contributed by atoms with E-state index in [4.69, 9.17) is 0 Å². The van der Waals surface area contributed by atoms with Gasteiger partial charge in [-0.15, -0.1) is 0 Å². The van der Waals surface area contributed by atoms with E-state index in [2.05, 4.69) is 10.4 Å². The second-order valence-corrected chi connectivity index (χ2v) is 7.13. The van der Waals surface area contributed by atoms with Crippen molar-refractivity contribution in [1.29, 1.82) is 0 Å². The van der Waals surface area contributed by atoms with Crippen LogP contribution in [-0.2, 0) is 35.6 Å². The molecule has 0 fully saturated rings. The summed E-state index contributed by atoms with van der Waals surface area (Å²) in [6, 6.07) is 3.94. The molecule has 128 valence electrons. The Balaban J connectivity index is 1.56. The second kappa shape index (κ2) is 7.17. The van der Waals surface area contributed by atoms with Gasteiger partial charge in [-0.2, -0.15) is 16.4 Å². The Morgan fingerprint density at radius 3 is 2.92 bits per heavy atom. The first-order chi connectivity index (χ1) is 11.5. The van der Waals surface area contributed by atoms with E-state index >= 15 is 0 Å². The van der Waals surface area contributed by atoms with Gasteiger partial charge in [0.2, 0.25) is 11.8 Å². The molecule has 2 aromatic heterocycles. The van der Waals surface area contributed by atoms with Crippen molar-refractivity contribution in [3.8, 4) is 0 Å². The summed E-state index contributed by atoms with van der Waals surface area (Å²) in [6.45, 7) is 6.24. The van der Waals surface area contributed by atoms with Gasteiger partial charge in [-0.3, -0.25) is 14.3 Å². The number of amides is 2. The topological polar surface area (TPSA) is 67.2 Å². The molecule has 1 aliphatic heterocycles. The first kappa shape index (κ1) is 16.7. The van der Waals surface area contributed by atoms with Crippen molar-refractivity contribution in [3.05, 3.63) is 39.8 Å². The number of thiophene rings is 1. The average molecular weight is 346 g/mol. The number of fused-ring (bicyclic) bond motifs is 1. The standard InChI is InChI=1S/C17H22N4O2S/c1-12(2)17(23)20-4-5-21-15(10-20)8-14(19-21)9-18-16(22)7-13-3-6-24-11-13/h3,6,8,11-12H,4-5,7,9-10H2,1-2H3,(H,18,22). The van der Waals surface area contributed by atoms with Crippen LogP contribution >= 0.6 is 11.3 Å². The van der Waals surface area contributed by atoms with Crippen molar-refractivity contribution in [2.75, 3.05) is 6.54 Å². The zero-order valence-electron chi connectivity index (χ0n) is 14.0. The number of rotatable bonds is 5. The van der Waals surface area contributed by atoms with E-state index < -0.39 is 0 Å². The predicted molar refractivity (Wildman–Crippen MR) is 92.4 cm³/mol. The number of carbonyl (C=O) groups is 2. The minimum atomic E-state index is -0.00372. The van der Waals surface area contributed by atoms with Crippen LogP contribution in [0, 0.1) is 5.92 Å². The van der Waals surface area contributed by atoms with E-state index in [1.165, 1.54) is 0 Å². The van der Waals surface area contributed by atoms with Gasteiger partial charge in [-0.1, -0.05) is 13.8 Å². The summed E-state index contributed by atoms with van der Waals surface area (Å²) in [5.74, 6) is 0.180. The van der Waals surface area contributed by atoms with Crippen LogP contribution in [0.25, 0.3) is 0 Å². The number of carbonyl (C=O) groups excluding carboxylic acids is 2. The number of nitrogens with zero attached hydrogens (tertiary/aromatic N) is 3. The molecule has 0 radical (unpaired) electrons. The molecule has 0 unspecified atom stereocenters. The van der Waals surface area contributed by atoms with Gasteiger partial charge >= 0.3 is 0 Å². The molecule has 3 rings (SSSR count). The number of hydrogen-bond donors (Lipinski definition) is 1. The van der Waals surface area contributed by atoms with Gasteiger partial charge < -0.3 is 10.2 Å². The Hall–Kier alpha value is -2.15. The largest absolute Gasteiger partial charge is 0.350 e. The maximum Gasteiger partial charge on any atom is 0.225 e. The summed E-state index contributed by atoms with van der Waals surface area (Å²) in [4.78, 5) is 25.9. The highest BCUT2D eigenvalue weighted by molar-refractivity contribution is 7.07. The summed E-state index contributed by atoms with van der Waals surface area (Å²) < 4.78 is 1.93. The molecule has 1 N–H and O–H groups in total. The molecule has 0 bridgehead atoms. The minimum Gasteiger partial charge on any atom is -0.350 e. The summed E-state index contributed by atoms with van der Waals surface area (Å²) >= 11 is 1.59. The molecule has 0 saturated carbocycles. The Morgan fingerprint density at radius 2 is 2.21 bits per heavy atom. The molecule has 2 amide bonds. The lowest BCUT2D eigenvalue weighted by molar-refractivity contribution is -0.136. The second-order valence-electron chi connectivity index (χ2n) is 6.35. The molecule has 3 heterocycles. The van der Waals surface area contributed by atoms with Crippen molar-refractivity contribution in [2.24, 2.45) is 5.92 Å². The third kappa shape index (κ3) is 3.84. The highest BCUT2D eigenvalue weighted by Gasteiger charge is 2.23. The number of hydrogen-bond acceptors (Lipinski definition) is 4. The third-order valence-corrected chi connectivity index (χ3v) is 4.80. The minimum absolute atomic E-state index is 0.00372. The molecule has 7 heteroatoms. The Labute approximate surface area is 145 Å². The van der Waals surface area contributed by atoms with E-state index in [-0.39, 0.29) is 17.7 Å². The van der Waals surface area contributed by atoms with Crippen LogP contribution in [-0.4, -0.2) is 33.0 Å². The number of aromatic nitrogens is 2. The summed E-state index contributed by atoms with van der Waals surface area (Å²) in [6.07, 6.45) is 0.397. The quantitative estimate of drug-likeness (QED) is 0.898. The molecule has 0 atom stereocenters. The molecular weight excluding hydrogens is 324 g/mol. The van der Waals surface area contributed by atoms with Crippen LogP contribution in [0.5, 0.6) is 0 Å². The maximum absolute atomic E-state index is 12.1. The van der Waals surface area contributed by atoms with Crippen molar-refractivity contribution in [1.82, 2.24) is 20.0 Å². The lowest BCUT2D eigenvalue weighted by Gasteiger charge is -2.29. The highest BCUT2D eigenvalue weighted by Crippen LogP contribution is 2.16. The van der Waals surface area contributed by atoms with Crippen LogP contribution in [0.1, 0.15) is 30.8 Å². The monoisotopic (exact) mass is 346 g/mol. The van der Waals surface area contributed by atoms with Crippen LogP contribution in [0.4, 0.5) is 0 Å². The highest BCUT2D eigenvalue weighted by atomic mass is 32.1. The molecule has 0 aliphatic carbocycles. The lowest BCUT2D eigenvalue weighted by atomic mass is 10.1. The van der Waals surface area contributed by atoms with E-state index in [1.807, 2.05) is 46.3 Å². The van der Waals surface area contributed by atoms with E-state index in [1.54, 1.807) is 11.3 Å². The Bertz CT molecular complexity index is 721. The molecule has 0 spiro atoms. The van der Waals surface area contributed by atoms with Gasteiger partial charge in [0.25, 0.3) is 0 Å². The van der Waals surface area contributed by atoms with Crippen molar-refractivity contribution >= 4 is 23.2 Å². The first-order valence-electron chi connectivity index (χ1n) is 8.15. The van der Waals surface area contributed by atoms with Crippen molar-refractivity contribution < 1.29 is 9.59 Å². The van der Waals surface area contributed by atoms with Gasteiger partial charge in [0.1, 0.15) is 0 Å². The molecular formula is C17H22N4O2S. The van der Waals surface area contributed by atoms with E-state index in [0.29, 0.717) is 32.6 Å². The fraction of sp³-hybridized carbons (Fsp3) is 0.471. The molecule has 1 aliphatic rings. The van der Waals surface area contributed by atoms with Crippen LogP contribution in [0.15, 0.2) is 22.9 Å². The zero-order chi connectivity index (χ0) is 17.1. The summed E-state index contributed by atoms with van der Waals surface area (Å²) in [7, 11) is 0. The van der Waals surface area contributed by atoms with E-state index in [0.717, 1.165) is 17.0 Å². The first-order valence-corrected chi connectivity index (χ1v) is 9.09. The molecule has 2 aromatic rings. The third-order valence-electron chi connectivity index (χ3n) is 4.07. The van der Waals surface area contributed by atoms with Gasteiger partial charge in [-0.05, 0) is 28.5 Å². The van der Waals surface area contributed by atoms with Gasteiger partial charge in [0, 0.05) is 12.5 Å². The SMILES string of the molecule is CC(C)C(=O)N1CCn2nc(CNC(=O)Cc3ccsc3)cc2C1. The normalized spacial score (nSPS) is 13.9. The summed E-state index contributed by atoms with van der Waals surface area (Å²) in [5.41, 5.74) is 2.89. The predicted octanol–water partition coefficient (Wildman–Crippen LogP) is 1.80. The van der Waals surface area contributed by atoms with Crippen LogP contribution in [0.3, 0.4) is 0 Å². The Kier molecular flexibility index (Phi) is 4.99. The molecule has 0 saturated heterocycles. The number of nitrogens with one attached hydrogen (secondary N) is 1. The van der Waals surface area contributed by atoms with Crippen molar-refractivity contribution in [3.63, 3.8) is 0 Å². The lowest BCUT2D eigenvalue weighted by Crippen LogP contribution is -2.40.